The Labute approximate surface area is 156 Å². The lowest BCUT2D eigenvalue weighted by atomic mass is 9.94. The second kappa shape index (κ2) is 8.58. The maximum Gasteiger partial charge on any atom is 0.273 e. The van der Waals surface area contributed by atoms with Crippen LogP contribution in [0, 0.1) is 11.6 Å². The van der Waals surface area contributed by atoms with Gasteiger partial charge >= 0.3 is 0 Å². The van der Waals surface area contributed by atoms with Gasteiger partial charge in [0.25, 0.3) is 5.91 Å². The number of rotatable bonds is 7. The van der Waals surface area contributed by atoms with Crippen LogP contribution in [0.25, 0.3) is 11.3 Å². The first-order chi connectivity index (χ1) is 13.1. The minimum absolute atomic E-state index is 0.0954. The van der Waals surface area contributed by atoms with E-state index in [9.17, 15) is 13.6 Å². The van der Waals surface area contributed by atoms with E-state index in [-0.39, 0.29) is 23.3 Å². The number of carbonyl (C=O) groups excluding carboxylic acids is 1. The predicted octanol–water partition coefficient (Wildman–Crippen LogP) is 4.93. The third kappa shape index (κ3) is 4.58. The normalized spacial score (nSPS) is 12.0. The number of nitrogens with one attached hydrogen (secondary N) is 1. The molecule has 0 fully saturated rings. The van der Waals surface area contributed by atoms with E-state index in [1.165, 1.54) is 17.7 Å². The van der Waals surface area contributed by atoms with Gasteiger partial charge in [-0.05, 0) is 30.2 Å². The lowest BCUT2D eigenvalue weighted by Gasteiger charge is -2.17. The van der Waals surface area contributed by atoms with Gasteiger partial charge in [-0.1, -0.05) is 48.8 Å². The van der Waals surface area contributed by atoms with E-state index in [4.69, 9.17) is 4.52 Å². The molecule has 2 aromatic carbocycles. The quantitative estimate of drug-likeness (QED) is 0.641. The predicted molar refractivity (Wildman–Crippen MR) is 98.3 cm³/mol. The largest absolute Gasteiger partial charge is 0.355 e. The van der Waals surface area contributed by atoms with Gasteiger partial charge in [0, 0.05) is 24.1 Å². The van der Waals surface area contributed by atoms with E-state index in [1.54, 1.807) is 0 Å². The molecule has 0 saturated heterocycles. The van der Waals surface area contributed by atoms with Crippen LogP contribution in [0.4, 0.5) is 8.78 Å². The smallest absolute Gasteiger partial charge is 0.273 e. The molecule has 0 aliphatic carbocycles. The molecule has 0 unspecified atom stereocenters. The molecule has 140 valence electrons. The molecule has 0 aliphatic heterocycles. The van der Waals surface area contributed by atoms with E-state index >= 15 is 0 Å². The summed E-state index contributed by atoms with van der Waals surface area (Å²) in [6.45, 7) is 2.58. The van der Waals surface area contributed by atoms with Crippen molar-refractivity contribution in [3.63, 3.8) is 0 Å². The molecule has 3 aromatic rings. The van der Waals surface area contributed by atoms with Gasteiger partial charge in [0.2, 0.25) is 0 Å². The van der Waals surface area contributed by atoms with Crippen molar-refractivity contribution in [2.45, 2.75) is 25.7 Å². The highest BCUT2D eigenvalue weighted by atomic mass is 19.2. The Bertz CT molecular complexity index is 910. The van der Waals surface area contributed by atoms with Crippen molar-refractivity contribution in [2.75, 3.05) is 6.54 Å². The van der Waals surface area contributed by atoms with Crippen molar-refractivity contribution in [3.8, 4) is 11.3 Å². The molecule has 0 radical (unpaired) electrons. The summed E-state index contributed by atoms with van der Waals surface area (Å²) in [4.78, 5) is 12.4. The highest BCUT2D eigenvalue weighted by Crippen LogP contribution is 2.23. The van der Waals surface area contributed by atoms with Gasteiger partial charge < -0.3 is 9.84 Å². The lowest BCUT2D eigenvalue weighted by Crippen LogP contribution is -2.28. The number of aromatic nitrogens is 1. The zero-order valence-corrected chi connectivity index (χ0v) is 14.9. The molecule has 1 aromatic heterocycles. The molecule has 1 amide bonds. The first-order valence-corrected chi connectivity index (χ1v) is 8.83. The Morgan fingerprint density at radius 2 is 1.89 bits per heavy atom. The summed E-state index contributed by atoms with van der Waals surface area (Å²) in [5.74, 6) is -1.89. The van der Waals surface area contributed by atoms with E-state index in [1.807, 2.05) is 30.3 Å². The van der Waals surface area contributed by atoms with Crippen LogP contribution in [0.5, 0.6) is 0 Å². The van der Waals surface area contributed by atoms with Crippen LogP contribution in [0.2, 0.25) is 0 Å². The number of nitrogens with zero attached hydrogens (tertiary/aromatic N) is 1. The van der Waals surface area contributed by atoms with Crippen LogP contribution in [-0.4, -0.2) is 17.6 Å². The molecule has 0 saturated carbocycles. The summed E-state index contributed by atoms with van der Waals surface area (Å²) in [7, 11) is 0. The van der Waals surface area contributed by atoms with Crippen molar-refractivity contribution in [1.82, 2.24) is 10.5 Å². The van der Waals surface area contributed by atoms with Crippen LogP contribution in [0.3, 0.4) is 0 Å². The highest BCUT2D eigenvalue weighted by molar-refractivity contribution is 5.93. The summed E-state index contributed by atoms with van der Waals surface area (Å²) in [5.41, 5.74) is 1.58. The zero-order valence-electron chi connectivity index (χ0n) is 14.9. The second-order valence-corrected chi connectivity index (χ2v) is 6.31. The van der Waals surface area contributed by atoms with Crippen LogP contribution in [0.15, 0.2) is 59.1 Å². The molecule has 3 rings (SSSR count). The Hall–Kier alpha value is -3.02. The minimum atomic E-state index is -0.986. The van der Waals surface area contributed by atoms with Crippen molar-refractivity contribution in [1.29, 1.82) is 0 Å². The van der Waals surface area contributed by atoms with Crippen LogP contribution in [-0.2, 0) is 0 Å². The molecule has 0 aliphatic rings. The molecule has 0 spiro atoms. The number of amides is 1. The van der Waals surface area contributed by atoms with Crippen LogP contribution >= 0.6 is 0 Å². The summed E-state index contributed by atoms with van der Waals surface area (Å²) in [5, 5.41) is 6.61. The fourth-order valence-electron chi connectivity index (χ4n) is 2.93. The average molecular weight is 370 g/mol. The molecule has 27 heavy (non-hydrogen) atoms. The van der Waals surface area contributed by atoms with Crippen molar-refractivity contribution < 1.29 is 18.1 Å². The van der Waals surface area contributed by atoms with Crippen LogP contribution < -0.4 is 5.32 Å². The molecule has 0 bridgehead atoms. The average Bonchev–Trinajstić information content (AvgIpc) is 3.18. The Morgan fingerprint density at radius 1 is 1.11 bits per heavy atom. The number of halogens is 2. The van der Waals surface area contributed by atoms with Gasteiger partial charge in [-0.25, -0.2) is 8.78 Å². The summed E-state index contributed by atoms with van der Waals surface area (Å²) in [6, 6.07) is 14.8. The molecule has 4 nitrogen and oxygen atoms in total. The van der Waals surface area contributed by atoms with Gasteiger partial charge in [0.1, 0.15) is 0 Å². The first kappa shape index (κ1) is 18.8. The lowest BCUT2D eigenvalue weighted by molar-refractivity contribution is 0.0941. The maximum atomic E-state index is 13.4. The summed E-state index contributed by atoms with van der Waals surface area (Å²) < 4.78 is 31.5. The SMILES string of the molecule is CCC[C@H](CNC(=O)c1cc(-c2ccc(F)c(F)c2)on1)c1ccccc1. The number of hydrogen-bond donors (Lipinski definition) is 1. The Kier molecular flexibility index (Phi) is 5.96. The standard InChI is InChI=1S/C21H20F2N2O2/c1-2-6-16(14-7-4-3-5-8-14)13-24-21(26)19-12-20(27-25-19)15-9-10-17(22)18(23)11-15/h3-5,7-12,16H,2,6,13H2,1H3,(H,24,26)/t16-/m1/s1. The van der Waals surface area contributed by atoms with E-state index in [0.29, 0.717) is 12.1 Å². The van der Waals surface area contributed by atoms with E-state index < -0.39 is 11.6 Å². The monoisotopic (exact) mass is 370 g/mol. The molecule has 1 atom stereocenters. The molecular weight excluding hydrogens is 350 g/mol. The zero-order chi connectivity index (χ0) is 19.2. The number of carbonyl (C=O) groups is 1. The highest BCUT2D eigenvalue weighted by Gasteiger charge is 2.17. The van der Waals surface area contributed by atoms with E-state index in [2.05, 4.69) is 17.4 Å². The molecule has 6 heteroatoms. The van der Waals surface area contributed by atoms with Crippen molar-refractivity contribution in [3.05, 3.63) is 77.5 Å². The molecule has 1 N–H and O–H groups in total. The Balaban J connectivity index is 1.67. The third-order valence-corrected chi connectivity index (χ3v) is 4.36. The Morgan fingerprint density at radius 3 is 2.59 bits per heavy atom. The summed E-state index contributed by atoms with van der Waals surface area (Å²) in [6.07, 6.45) is 1.95. The molecule has 1 heterocycles. The number of hydrogen-bond acceptors (Lipinski definition) is 3. The second-order valence-electron chi connectivity index (χ2n) is 6.31. The topological polar surface area (TPSA) is 55.1 Å². The first-order valence-electron chi connectivity index (χ1n) is 8.83. The van der Waals surface area contributed by atoms with Gasteiger partial charge in [0.15, 0.2) is 23.1 Å². The molecular formula is C21H20F2N2O2. The van der Waals surface area contributed by atoms with Crippen LogP contribution in [0.1, 0.15) is 41.7 Å². The minimum Gasteiger partial charge on any atom is -0.355 e. The fraction of sp³-hybridized carbons (Fsp3) is 0.238. The fourth-order valence-corrected chi connectivity index (χ4v) is 2.93. The van der Waals surface area contributed by atoms with Gasteiger partial charge in [-0.2, -0.15) is 0 Å². The van der Waals surface area contributed by atoms with Gasteiger partial charge in [0.05, 0.1) is 0 Å². The summed E-state index contributed by atoms with van der Waals surface area (Å²) >= 11 is 0. The van der Waals surface area contributed by atoms with Gasteiger partial charge in [-0.15, -0.1) is 0 Å². The van der Waals surface area contributed by atoms with Crippen molar-refractivity contribution >= 4 is 5.91 Å². The maximum absolute atomic E-state index is 13.4. The van der Waals surface area contributed by atoms with Gasteiger partial charge in [-0.3, -0.25) is 4.79 Å². The van der Waals surface area contributed by atoms with Crippen molar-refractivity contribution in [2.24, 2.45) is 0 Å². The number of benzene rings is 2. The third-order valence-electron chi connectivity index (χ3n) is 4.36. The van der Waals surface area contributed by atoms with E-state index in [0.717, 1.165) is 25.0 Å².